The molecular formula is C31H36ClF3N4O3. The van der Waals surface area contributed by atoms with Crippen molar-refractivity contribution in [3.8, 4) is 5.75 Å². The van der Waals surface area contributed by atoms with Crippen molar-refractivity contribution in [2.75, 3.05) is 45.9 Å². The van der Waals surface area contributed by atoms with Crippen molar-refractivity contribution in [1.82, 2.24) is 14.9 Å². The number of urea groups is 1. The van der Waals surface area contributed by atoms with Gasteiger partial charge >= 0.3 is 12.2 Å². The van der Waals surface area contributed by atoms with Crippen LogP contribution in [0.5, 0.6) is 5.75 Å². The Kier molecular flexibility index (Phi) is 11.1. The lowest BCUT2D eigenvalue weighted by Crippen LogP contribution is -2.48. The molecule has 1 fully saturated rings. The molecule has 0 bridgehead atoms. The fourth-order valence-corrected chi connectivity index (χ4v) is 5.33. The smallest absolute Gasteiger partial charge is 0.419 e. The Balaban J connectivity index is 1.30. The first-order valence-corrected chi connectivity index (χ1v) is 14.3. The van der Waals surface area contributed by atoms with Crippen LogP contribution in [0.15, 0.2) is 72.8 Å². The normalized spacial score (nSPS) is 15.4. The van der Waals surface area contributed by atoms with E-state index in [0.29, 0.717) is 41.5 Å². The summed E-state index contributed by atoms with van der Waals surface area (Å²) in [6, 6.07) is 21.4. The third-order valence-electron chi connectivity index (χ3n) is 7.43. The minimum Gasteiger partial charge on any atom is -0.492 e. The highest BCUT2D eigenvalue weighted by molar-refractivity contribution is 6.30. The Morgan fingerprint density at radius 3 is 2.29 bits per heavy atom. The van der Waals surface area contributed by atoms with Crippen molar-refractivity contribution >= 4 is 17.6 Å². The number of alkyl halides is 3. The molecule has 0 radical (unpaired) electrons. The molecule has 3 N–H and O–H groups in total. The zero-order chi connectivity index (χ0) is 30.1. The third-order valence-corrected chi connectivity index (χ3v) is 7.68. The molecule has 2 amide bonds. The molecule has 1 aliphatic rings. The maximum atomic E-state index is 13.8. The van der Waals surface area contributed by atoms with Gasteiger partial charge in [-0.3, -0.25) is 15.0 Å². The van der Waals surface area contributed by atoms with E-state index in [4.69, 9.17) is 22.1 Å². The monoisotopic (exact) mass is 604 g/mol. The van der Waals surface area contributed by atoms with Crippen molar-refractivity contribution < 1.29 is 27.9 Å². The van der Waals surface area contributed by atoms with Crippen LogP contribution < -0.4 is 10.5 Å². The largest absolute Gasteiger partial charge is 0.492 e. The van der Waals surface area contributed by atoms with E-state index in [1.54, 1.807) is 6.07 Å². The Bertz CT molecular complexity index is 1290. The molecule has 0 unspecified atom stereocenters. The fourth-order valence-electron chi connectivity index (χ4n) is 5.21. The Hall–Kier alpha value is -3.31. The van der Waals surface area contributed by atoms with Crippen LogP contribution in [0.2, 0.25) is 5.02 Å². The molecule has 1 saturated heterocycles. The van der Waals surface area contributed by atoms with Gasteiger partial charge < -0.3 is 10.5 Å². The molecule has 0 saturated carbocycles. The number of ether oxygens (including phenoxy) is 1. The van der Waals surface area contributed by atoms with Crippen LogP contribution in [0.3, 0.4) is 0 Å². The van der Waals surface area contributed by atoms with Crippen LogP contribution in [0.25, 0.3) is 0 Å². The van der Waals surface area contributed by atoms with Crippen LogP contribution in [-0.2, 0) is 12.6 Å². The zero-order valence-electron chi connectivity index (χ0n) is 23.3. The molecule has 0 aromatic heterocycles. The van der Waals surface area contributed by atoms with Gasteiger partial charge in [-0.25, -0.2) is 9.86 Å². The van der Waals surface area contributed by atoms with Crippen LogP contribution in [0.4, 0.5) is 18.0 Å². The summed E-state index contributed by atoms with van der Waals surface area (Å²) < 4.78 is 47.1. The molecule has 3 aromatic rings. The Morgan fingerprint density at radius 2 is 1.64 bits per heavy atom. The van der Waals surface area contributed by atoms with Crippen molar-refractivity contribution in [3.63, 3.8) is 0 Å². The molecule has 7 nitrogen and oxygen atoms in total. The van der Waals surface area contributed by atoms with E-state index < -0.39 is 17.8 Å². The SMILES string of the molecule is NC(=O)N(O)CCCCc1ccc(OCCN2CCN([C@H](c3ccccc3)c3ccc(Cl)cc3)CC2)c(C(F)(F)F)c1. The van der Waals surface area contributed by atoms with Crippen LogP contribution in [0.1, 0.15) is 41.1 Å². The topological polar surface area (TPSA) is 82.3 Å². The van der Waals surface area contributed by atoms with Crippen LogP contribution in [-0.4, -0.2) is 72.0 Å². The summed E-state index contributed by atoms with van der Waals surface area (Å²) >= 11 is 6.13. The molecule has 1 heterocycles. The minimum absolute atomic E-state index is 0.0188. The van der Waals surface area contributed by atoms with E-state index in [9.17, 15) is 23.2 Å². The number of rotatable bonds is 12. The van der Waals surface area contributed by atoms with E-state index in [0.717, 1.165) is 37.8 Å². The van der Waals surface area contributed by atoms with Gasteiger partial charge in [-0.15, -0.1) is 0 Å². The van der Waals surface area contributed by atoms with Crippen molar-refractivity contribution in [2.45, 2.75) is 31.5 Å². The second kappa shape index (κ2) is 14.7. The maximum Gasteiger partial charge on any atom is 0.419 e. The maximum absolute atomic E-state index is 13.8. The number of nitrogens with zero attached hydrogens (tertiary/aromatic N) is 3. The van der Waals surface area contributed by atoms with Gasteiger partial charge in [-0.2, -0.15) is 13.2 Å². The highest BCUT2D eigenvalue weighted by Crippen LogP contribution is 2.37. The number of hydrogen-bond acceptors (Lipinski definition) is 5. The second-order valence-electron chi connectivity index (χ2n) is 10.3. The molecule has 42 heavy (non-hydrogen) atoms. The van der Waals surface area contributed by atoms with Crippen LogP contribution >= 0.6 is 11.6 Å². The van der Waals surface area contributed by atoms with E-state index in [-0.39, 0.29) is 24.9 Å². The van der Waals surface area contributed by atoms with Gasteiger partial charge in [0.1, 0.15) is 12.4 Å². The average Bonchev–Trinajstić information content (AvgIpc) is 2.97. The number of nitrogens with two attached hydrogens (primary N) is 1. The molecule has 0 spiro atoms. The van der Waals surface area contributed by atoms with Crippen molar-refractivity contribution in [2.24, 2.45) is 5.73 Å². The minimum atomic E-state index is -4.56. The van der Waals surface area contributed by atoms with Gasteiger partial charge in [-0.05, 0) is 60.2 Å². The first-order valence-electron chi connectivity index (χ1n) is 14.0. The van der Waals surface area contributed by atoms with Gasteiger partial charge in [0.05, 0.1) is 18.2 Å². The number of aryl methyl sites for hydroxylation is 1. The van der Waals surface area contributed by atoms with Gasteiger partial charge in [0.25, 0.3) is 0 Å². The number of hydrogen-bond donors (Lipinski definition) is 2. The molecule has 0 aliphatic carbocycles. The number of primary amides is 1. The summed E-state index contributed by atoms with van der Waals surface area (Å²) in [4.78, 5) is 15.5. The standard InChI is InChI=1S/C31H36ClF3N4O3/c32-26-12-10-25(11-13-26)29(24-7-2-1-3-8-24)38-18-16-37(17-19-38)20-21-42-28-14-9-23(22-27(28)31(33,34)35)6-4-5-15-39(41)30(36)40/h1-3,7-14,22,29,41H,4-6,15-21H2,(H2,36,40)/t29-/m1/s1. The average molecular weight is 605 g/mol. The molecule has 11 heteroatoms. The summed E-state index contributed by atoms with van der Waals surface area (Å²) in [5.74, 6) is -0.188. The summed E-state index contributed by atoms with van der Waals surface area (Å²) in [5.41, 5.74) is 7.01. The van der Waals surface area contributed by atoms with Gasteiger partial charge in [0.2, 0.25) is 0 Å². The number of unbranched alkanes of at least 4 members (excludes halogenated alkanes) is 1. The molecule has 1 aliphatic heterocycles. The molecule has 226 valence electrons. The lowest BCUT2D eigenvalue weighted by molar-refractivity contribution is -0.139. The fraction of sp³-hybridized carbons (Fsp3) is 0.387. The number of piperazine rings is 1. The number of amides is 2. The summed E-state index contributed by atoms with van der Waals surface area (Å²) in [6.07, 6.45) is -3.31. The number of hydroxylamine groups is 2. The molecular weight excluding hydrogens is 569 g/mol. The van der Waals surface area contributed by atoms with Crippen molar-refractivity contribution in [3.05, 3.63) is 100 Å². The second-order valence-corrected chi connectivity index (χ2v) is 10.8. The van der Waals surface area contributed by atoms with Gasteiger partial charge in [0.15, 0.2) is 0 Å². The molecule has 3 aromatic carbocycles. The predicted molar refractivity (Wildman–Crippen MR) is 156 cm³/mol. The molecule has 1 atom stereocenters. The first kappa shape index (κ1) is 31.6. The molecule has 4 rings (SSSR count). The lowest BCUT2D eigenvalue weighted by Gasteiger charge is -2.39. The first-order chi connectivity index (χ1) is 20.1. The predicted octanol–water partition coefficient (Wildman–Crippen LogP) is 6.24. The van der Waals surface area contributed by atoms with Crippen LogP contribution in [0, 0.1) is 0 Å². The van der Waals surface area contributed by atoms with Gasteiger partial charge in [0, 0.05) is 37.7 Å². The van der Waals surface area contributed by atoms with E-state index in [1.165, 1.54) is 11.6 Å². The van der Waals surface area contributed by atoms with E-state index in [2.05, 4.69) is 34.1 Å². The highest BCUT2D eigenvalue weighted by atomic mass is 35.5. The Labute approximate surface area is 249 Å². The Morgan fingerprint density at radius 1 is 0.976 bits per heavy atom. The quantitative estimate of drug-likeness (QED) is 0.145. The zero-order valence-corrected chi connectivity index (χ0v) is 24.0. The number of benzene rings is 3. The van der Waals surface area contributed by atoms with Crippen molar-refractivity contribution in [1.29, 1.82) is 0 Å². The number of carbonyl (C=O) groups is 1. The number of carbonyl (C=O) groups excluding carboxylic acids is 1. The summed E-state index contributed by atoms with van der Waals surface area (Å²) in [5, 5.41) is 10.4. The summed E-state index contributed by atoms with van der Waals surface area (Å²) in [7, 11) is 0. The lowest BCUT2D eigenvalue weighted by atomic mass is 9.96. The van der Waals surface area contributed by atoms with E-state index in [1.807, 2.05) is 30.3 Å². The summed E-state index contributed by atoms with van der Waals surface area (Å²) in [6.45, 7) is 3.82. The van der Waals surface area contributed by atoms with Gasteiger partial charge in [-0.1, -0.05) is 60.1 Å². The third kappa shape index (κ3) is 8.84. The highest BCUT2D eigenvalue weighted by Gasteiger charge is 2.35. The van der Waals surface area contributed by atoms with E-state index >= 15 is 0 Å². The number of halogens is 4.